The van der Waals surface area contributed by atoms with Crippen molar-refractivity contribution in [2.24, 2.45) is 0 Å². The van der Waals surface area contributed by atoms with Crippen LogP contribution in [0.2, 0.25) is 0 Å². The number of urea groups is 1. The van der Waals surface area contributed by atoms with E-state index in [1.54, 1.807) is 37.3 Å². The number of anilines is 3. The summed E-state index contributed by atoms with van der Waals surface area (Å²) in [4.78, 5) is 36.1. The molecular weight excluding hydrogens is 356 g/mol. The molecule has 0 saturated heterocycles. The number of carbonyl (C=O) groups is 3. The molecule has 7 heteroatoms. The molecule has 1 unspecified atom stereocenters. The lowest BCUT2D eigenvalue weighted by Gasteiger charge is -2.18. The van der Waals surface area contributed by atoms with Crippen molar-refractivity contribution < 1.29 is 14.4 Å². The molecule has 2 aromatic carbocycles. The Balaban J connectivity index is 1.96. The van der Waals surface area contributed by atoms with Crippen LogP contribution in [-0.4, -0.2) is 23.9 Å². The van der Waals surface area contributed by atoms with Crippen molar-refractivity contribution in [3.05, 3.63) is 54.1 Å². The summed E-state index contributed by atoms with van der Waals surface area (Å²) in [6.45, 7) is 5.46. The Kier molecular flexibility index (Phi) is 7.56. The minimum absolute atomic E-state index is 0.0499. The molecule has 4 amide bonds. The maximum Gasteiger partial charge on any atom is 0.325 e. The van der Waals surface area contributed by atoms with E-state index in [-0.39, 0.29) is 5.91 Å². The monoisotopic (exact) mass is 382 g/mol. The Bertz CT molecular complexity index is 837. The second-order valence-corrected chi connectivity index (χ2v) is 6.45. The fourth-order valence-electron chi connectivity index (χ4n) is 2.57. The zero-order chi connectivity index (χ0) is 20.5. The number of carbonyl (C=O) groups excluding carboxylic acids is 3. The minimum Gasteiger partial charge on any atom is -0.374 e. The van der Waals surface area contributed by atoms with Gasteiger partial charge in [-0.1, -0.05) is 31.2 Å². The van der Waals surface area contributed by atoms with Gasteiger partial charge in [0.25, 0.3) is 0 Å². The van der Waals surface area contributed by atoms with Gasteiger partial charge in [-0.05, 0) is 50.1 Å². The molecule has 148 valence electrons. The second-order valence-electron chi connectivity index (χ2n) is 6.45. The van der Waals surface area contributed by atoms with E-state index in [1.165, 1.54) is 0 Å². The van der Waals surface area contributed by atoms with Gasteiger partial charge in [-0.3, -0.25) is 14.9 Å². The van der Waals surface area contributed by atoms with Crippen LogP contribution in [0.15, 0.2) is 48.5 Å². The van der Waals surface area contributed by atoms with Crippen molar-refractivity contribution in [3.63, 3.8) is 0 Å². The lowest BCUT2D eigenvalue weighted by atomic mass is 10.1. The fraction of sp³-hybridized carbons (Fsp3) is 0.286. The maximum atomic E-state index is 12.3. The first kappa shape index (κ1) is 21.0. The highest BCUT2D eigenvalue weighted by atomic mass is 16.2. The molecule has 0 aliphatic carbocycles. The van der Waals surface area contributed by atoms with E-state index in [9.17, 15) is 14.4 Å². The van der Waals surface area contributed by atoms with Crippen LogP contribution in [0.4, 0.5) is 21.9 Å². The molecule has 0 spiro atoms. The molecule has 0 bridgehead atoms. The van der Waals surface area contributed by atoms with Gasteiger partial charge >= 0.3 is 6.03 Å². The average molecular weight is 382 g/mol. The first-order valence-corrected chi connectivity index (χ1v) is 9.23. The van der Waals surface area contributed by atoms with Crippen LogP contribution >= 0.6 is 0 Å². The molecule has 0 fully saturated rings. The Morgan fingerprint density at radius 2 is 1.61 bits per heavy atom. The van der Waals surface area contributed by atoms with Gasteiger partial charge in [0.15, 0.2) is 0 Å². The van der Waals surface area contributed by atoms with Gasteiger partial charge in [-0.2, -0.15) is 0 Å². The predicted octanol–water partition coefficient (Wildman–Crippen LogP) is 3.88. The van der Waals surface area contributed by atoms with Crippen LogP contribution in [0.3, 0.4) is 0 Å². The highest BCUT2D eigenvalue weighted by molar-refractivity contribution is 6.03. The summed E-state index contributed by atoms with van der Waals surface area (Å²) in [6.07, 6.45) is 1.22. The molecule has 0 radical (unpaired) electrons. The first-order chi connectivity index (χ1) is 13.4. The number of hydrogen-bond donors (Lipinski definition) is 4. The quantitative estimate of drug-likeness (QED) is 0.584. The van der Waals surface area contributed by atoms with Crippen molar-refractivity contribution in [2.75, 3.05) is 16.0 Å². The van der Waals surface area contributed by atoms with Crippen molar-refractivity contribution in [1.29, 1.82) is 0 Å². The predicted molar refractivity (Wildman–Crippen MR) is 111 cm³/mol. The fourth-order valence-corrected chi connectivity index (χ4v) is 2.57. The molecule has 0 saturated carbocycles. The standard InChI is InChI=1S/C21H26N4O3/c1-4-9-19(26)24-18-13-8-12-17(14(18)2)22-15(3)20(27)25-21(28)23-16-10-6-5-7-11-16/h5-8,10-13,15,22H,4,9H2,1-3H3,(H,24,26)(H2,23,25,27,28). The Morgan fingerprint density at radius 1 is 0.929 bits per heavy atom. The van der Waals surface area contributed by atoms with Crippen LogP contribution in [0, 0.1) is 6.92 Å². The van der Waals surface area contributed by atoms with E-state index in [0.717, 1.165) is 12.0 Å². The molecule has 1 atom stereocenters. The van der Waals surface area contributed by atoms with Crippen LogP contribution < -0.4 is 21.3 Å². The van der Waals surface area contributed by atoms with Crippen molar-refractivity contribution in [1.82, 2.24) is 5.32 Å². The summed E-state index contributed by atoms with van der Waals surface area (Å²) >= 11 is 0. The SMILES string of the molecule is CCCC(=O)Nc1cccc(NC(C)C(=O)NC(=O)Nc2ccccc2)c1C. The van der Waals surface area contributed by atoms with Crippen molar-refractivity contribution >= 4 is 34.9 Å². The molecule has 2 aromatic rings. The molecular formula is C21H26N4O3. The Hall–Kier alpha value is -3.35. The smallest absolute Gasteiger partial charge is 0.325 e. The van der Waals surface area contributed by atoms with Crippen LogP contribution in [0.5, 0.6) is 0 Å². The molecule has 0 heterocycles. The molecule has 4 N–H and O–H groups in total. The van der Waals surface area contributed by atoms with E-state index in [2.05, 4.69) is 21.3 Å². The summed E-state index contributed by atoms with van der Waals surface area (Å²) < 4.78 is 0. The zero-order valence-corrected chi connectivity index (χ0v) is 16.3. The third kappa shape index (κ3) is 6.12. The Morgan fingerprint density at radius 3 is 2.29 bits per heavy atom. The maximum absolute atomic E-state index is 12.3. The van der Waals surface area contributed by atoms with Crippen molar-refractivity contribution in [3.8, 4) is 0 Å². The minimum atomic E-state index is -0.651. The van der Waals surface area contributed by atoms with Gasteiger partial charge in [-0.15, -0.1) is 0 Å². The molecule has 28 heavy (non-hydrogen) atoms. The van der Waals surface area contributed by atoms with E-state index >= 15 is 0 Å². The highest BCUT2D eigenvalue weighted by Gasteiger charge is 2.17. The van der Waals surface area contributed by atoms with Crippen LogP contribution in [0.1, 0.15) is 32.3 Å². The van der Waals surface area contributed by atoms with E-state index < -0.39 is 18.0 Å². The van der Waals surface area contributed by atoms with Gasteiger partial charge in [0.2, 0.25) is 11.8 Å². The van der Waals surface area contributed by atoms with Gasteiger partial charge < -0.3 is 16.0 Å². The number of amides is 4. The topological polar surface area (TPSA) is 99.3 Å². The molecule has 2 rings (SSSR count). The lowest BCUT2D eigenvalue weighted by molar-refractivity contribution is -0.120. The Labute approximate surface area is 164 Å². The number of para-hydroxylation sites is 1. The average Bonchev–Trinajstić information content (AvgIpc) is 2.65. The van der Waals surface area contributed by atoms with E-state index in [1.807, 2.05) is 32.0 Å². The zero-order valence-electron chi connectivity index (χ0n) is 16.3. The summed E-state index contributed by atoms with van der Waals surface area (Å²) in [5, 5.41) is 10.9. The molecule has 0 aliphatic heterocycles. The van der Waals surface area contributed by atoms with Gasteiger partial charge in [0, 0.05) is 23.5 Å². The number of benzene rings is 2. The largest absolute Gasteiger partial charge is 0.374 e. The third-order valence-corrected chi connectivity index (χ3v) is 4.12. The number of nitrogens with one attached hydrogen (secondary N) is 4. The summed E-state index contributed by atoms with van der Waals surface area (Å²) in [6, 6.07) is 13.0. The van der Waals surface area contributed by atoms with Gasteiger partial charge in [0.05, 0.1) is 0 Å². The first-order valence-electron chi connectivity index (χ1n) is 9.23. The summed E-state index contributed by atoms with van der Waals surface area (Å²) in [7, 11) is 0. The van der Waals surface area contributed by atoms with Gasteiger partial charge in [-0.25, -0.2) is 4.79 Å². The van der Waals surface area contributed by atoms with Crippen LogP contribution in [0.25, 0.3) is 0 Å². The molecule has 0 aromatic heterocycles. The molecule has 7 nitrogen and oxygen atoms in total. The second kappa shape index (κ2) is 10.1. The van der Waals surface area contributed by atoms with E-state index in [4.69, 9.17) is 0 Å². The summed E-state index contributed by atoms with van der Waals surface area (Å²) in [5.41, 5.74) is 2.82. The van der Waals surface area contributed by atoms with Crippen molar-refractivity contribution in [2.45, 2.75) is 39.7 Å². The number of rotatable bonds is 7. The summed E-state index contributed by atoms with van der Waals surface area (Å²) in [5.74, 6) is -0.514. The normalized spacial score (nSPS) is 11.2. The number of imide groups is 1. The molecule has 0 aliphatic rings. The third-order valence-electron chi connectivity index (χ3n) is 4.12. The van der Waals surface area contributed by atoms with E-state index in [0.29, 0.717) is 23.5 Å². The number of hydrogen-bond acceptors (Lipinski definition) is 4. The van der Waals surface area contributed by atoms with Gasteiger partial charge in [0.1, 0.15) is 6.04 Å². The lowest BCUT2D eigenvalue weighted by Crippen LogP contribution is -2.43. The highest BCUT2D eigenvalue weighted by Crippen LogP contribution is 2.24. The van der Waals surface area contributed by atoms with Crippen LogP contribution in [-0.2, 0) is 9.59 Å².